The zero-order valence-corrected chi connectivity index (χ0v) is 9.22. The third-order valence-electron chi connectivity index (χ3n) is 4.98. The molecule has 0 aromatic rings. The van der Waals surface area contributed by atoms with E-state index in [4.69, 9.17) is 0 Å². The predicted octanol–water partition coefficient (Wildman–Crippen LogP) is 2.24. The van der Waals surface area contributed by atoms with Gasteiger partial charge in [-0.15, -0.1) is 11.8 Å². The van der Waals surface area contributed by atoms with Gasteiger partial charge in [-0.2, -0.15) is 0 Å². The van der Waals surface area contributed by atoms with Gasteiger partial charge in [0.25, 0.3) is 0 Å². The molecule has 0 saturated heterocycles. The molecule has 2 nitrogen and oxygen atoms in total. The molecule has 14 heavy (non-hydrogen) atoms. The molecule has 3 aliphatic carbocycles. The maximum Gasteiger partial charge on any atom is 0.320 e. The van der Waals surface area contributed by atoms with Crippen molar-refractivity contribution in [2.24, 2.45) is 23.7 Å². The second-order valence-corrected chi connectivity index (χ2v) is 6.08. The van der Waals surface area contributed by atoms with Crippen LogP contribution in [0.15, 0.2) is 0 Å². The Labute approximate surface area is 88.5 Å². The first-order chi connectivity index (χ1) is 6.71. The standard InChI is InChI=1S/C11H16O2S/c1-14-11(10(12)13)8-4-2-6-7(8)3-5-9(6)11/h6-9H,2-5H2,1H3,(H,12,13)/t6-,7+,8-,9+,11?. The Morgan fingerprint density at radius 3 is 2.00 bits per heavy atom. The zero-order valence-electron chi connectivity index (χ0n) is 8.40. The van der Waals surface area contributed by atoms with E-state index in [1.165, 1.54) is 25.7 Å². The van der Waals surface area contributed by atoms with Crippen molar-refractivity contribution < 1.29 is 9.90 Å². The molecule has 0 aromatic heterocycles. The van der Waals surface area contributed by atoms with Crippen LogP contribution in [0.5, 0.6) is 0 Å². The van der Waals surface area contributed by atoms with Crippen LogP contribution in [0.1, 0.15) is 25.7 Å². The van der Waals surface area contributed by atoms with E-state index in [2.05, 4.69) is 0 Å². The van der Waals surface area contributed by atoms with Gasteiger partial charge >= 0.3 is 5.97 Å². The molecule has 3 heteroatoms. The fraction of sp³-hybridized carbons (Fsp3) is 0.909. The van der Waals surface area contributed by atoms with Crippen LogP contribution in [0.3, 0.4) is 0 Å². The molecule has 3 rings (SSSR count). The van der Waals surface area contributed by atoms with Gasteiger partial charge in [0.05, 0.1) is 0 Å². The highest BCUT2D eigenvalue weighted by Crippen LogP contribution is 2.69. The Balaban J connectivity index is 2.05. The summed E-state index contributed by atoms with van der Waals surface area (Å²) in [5.41, 5.74) is 0. The molecular weight excluding hydrogens is 196 g/mol. The Morgan fingerprint density at radius 2 is 1.71 bits per heavy atom. The van der Waals surface area contributed by atoms with E-state index in [0.717, 1.165) is 11.8 Å². The summed E-state index contributed by atoms with van der Waals surface area (Å²) in [5, 5.41) is 9.49. The number of carboxylic acids is 1. The van der Waals surface area contributed by atoms with E-state index in [9.17, 15) is 9.90 Å². The quantitative estimate of drug-likeness (QED) is 0.762. The Bertz CT molecular complexity index is 271. The van der Waals surface area contributed by atoms with Crippen molar-refractivity contribution >= 4 is 17.7 Å². The van der Waals surface area contributed by atoms with Gasteiger partial charge in [0.2, 0.25) is 0 Å². The molecule has 0 radical (unpaired) electrons. The second kappa shape index (κ2) is 2.69. The normalized spacial score (nSPS) is 54.1. The molecule has 5 atom stereocenters. The summed E-state index contributed by atoms with van der Waals surface area (Å²) in [6.45, 7) is 0. The minimum absolute atomic E-state index is 0.397. The largest absolute Gasteiger partial charge is 0.480 e. The van der Waals surface area contributed by atoms with Gasteiger partial charge in [0.1, 0.15) is 4.75 Å². The highest BCUT2D eigenvalue weighted by molar-refractivity contribution is 8.00. The zero-order chi connectivity index (χ0) is 9.92. The average molecular weight is 212 g/mol. The summed E-state index contributed by atoms with van der Waals surface area (Å²) in [6, 6.07) is 0. The van der Waals surface area contributed by atoms with Crippen molar-refractivity contribution in [3.05, 3.63) is 0 Å². The maximum atomic E-state index is 11.5. The van der Waals surface area contributed by atoms with Crippen LogP contribution in [0.25, 0.3) is 0 Å². The number of thioether (sulfide) groups is 1. The fourth-order valence-corrected chi connectivity index (χ4v) is 6.01. The predicted molar refractivity (Wildman–Crippen MR) is 56.3 cm³/mol. The van der Waals surface area contributed by atoms with Crippen molar-refractivity contribution in [3.8, 4) is 0 Å². The van der Waals surface area contributed by atoms with Crippen LogP contribution < -0.4 is 0 Å². The molecule has 0 amide bonds. The van der Waals surface area contributed by atoms with Gasteiger partial charge in [0.15, 0.2) is 0 Å². The molecule has 0 aromatic carbocycles. The number of aliphatic carboxylic acids is 1. The molecular formula is C11H16O2S. The van der Waals surface area contributed by atoms with Gasteiger partial charge in [-0.25, -0.2) is 0 Å². The van der Waals surface area contributed by atoms with Crippen molar-refractivity contribution in [2.45, 2.75) is 30.4 Å². The molecule has 3 fully saturated rings. The summed E-state index contributed by atoms with van der Waals surface area (Å²) in [7, 11) is 0. The summed E-state index contributed by atoms with van der Waals surface area (Å²) in [6.07, 6.45) is 6.92. The second-order valence-electron chi connectivity index (χ2n) is 5.00. The van der Waals surface area contributed by atoms with Crippen LogP contribution in [0.2, 0.25) is 0 Å². The number of rotatable bonds is 2. The Hall–Kier alpha value is -0.180. The van der Waals surface area contributed by atoms with Crippen LogP contribution in [0, 0.1) is 23.7 Å². The van der Waals surface area contributed by atoms with Crippen molar-refractivity contribution in [1.82, 2.24) is 0 Å². The van der Waals surface area contributed by atoms with Crippen LogP contribution in [-0.4, -0.2) is 22.1 Å². The van der Waals surface area contributed by atoms with Gasteiger partial charge in [-0.3, -0.25) is 4.79 Å². The van der Waals surface area contributed by atoms with Crippen LogP contribution in [-0.2, 0) is 4.79 Å². The first-order valence-corrected chi connectivity index (χ1v) is 6.73. The molecule has 0 spiro atoms. The molecule has 78 valence electrons. The number of carbonyl (C=O) groups is 1. The van der Waals surface area contributed by atoms with Gasteiger partial charge < -0.3 is 5.11 Å². The smallest absolute Gasteiger partial charge is 0.320 e. The van der Waals surface area contributed by atoms with Crippen LogP contribution in [0.4, 0.5) is 0 Å². The lowest BCUT2D eigenvalue weighted by Gasteiger charge is -2.40. The van der Waals surface area contributed by atoms with Crippen molar-refractivity contribution in [1.29, 1.82) is 0 Å². The third kappa shape index (κ3) is 0.755. The number of hydrogen-bond acceptors (Lipinski definition) is 2. The third-order valence-corrected chi connectivity index (χ3v) is 6.43. The summed E-state index contributed by atoms with van der Waals surface area (Å²) >= 11 is 1.61. The van der Waals surface area contributed by atoms with Gasteiger partial charge in [-0.1, -0.05) is 0 Å². The van der Waals surface area contributed by atoms with E-state index in [0.29, 0.717) is 11.8 Å². The lowest BCUT2D eigenvalue weighted by atomic mass is 9.74. The van der Waals surface area contributed by atoms with E-state index in [1.54, 1.807) is 11.8 Å². The first-order valence-electron chi connectivity index (χ1n) is 5.50. The monoisotopic (exact) mass is 212 g/mol. The van der Waals surface area contributed by atoms with Gasteiger partial charge in [-0.05, 0) is 55.6 Å². The van der Waals surface area contributed by atoms with Crippen molar-refractivity contribution in [2.75, 3.05) is 6.26 Å². The fourth-order valence-electron chi connectivity index (χ4n) is 4.65. The van der Waals surface area contributed by atoms with Gasteiger partial charge in [0, 0.05) is 0 Å². The Kier molecular flexibility index (Phi) is 1.74. The maximum absolute atomic E-state index is 11.5. The SMILES string of the molecule is CSC1(C(=O)O)[C@@H]2CC[C@@H]3[C@@H]2CC[C@@H]31. The highest BCUT2D eigenvalue weighted by Gasteiger charge is 2.69. The van der Waals surface area contributed by atoms with E-state index in [-0.39, 0.29) is 0 Å². The minimum Gasteiger partial charge on any atom is -0.480 e. The molecule has 1 unspecified atom stereocenters. The molecule has 3 saturated carbocycles. The molecule has 4 bridgehead atoms. The van der Waals surface area contributed by atoms with E-state index in [1.807, 2.05) is 6.26 Å². The molecule has 0 heterocycles. The lowest BCUT2D eigenvalue weighted by Crippen LogP contribution is -2.48. The number of carboxylic acid groups (broad SMARTS) is 1. The van der Waals surface area contributed by atoms with E-state index >= 15 is 0 Å². The molecule has 0 aliphatic heterocycles. The summed E-state index contributed by atoms with van der Waals surface area (Å²) in [5.74, 6) is 1.94. The number of hydrogen-bond donors (Lipinski definition) is 1. The molecule has 1 N–H and O–H groups in total. The minimum atomic E-state index is -0.535. The summed E-state index contributed by atoms with van der Waals surface area (Å²) < 4.78 is -0.397. The topological polar surface area (TPSA) is 37.3 Å². The average Bonchev–Trinajstić information content (AvgIpc) is 2.80. The van der Waals surface area contributed by atoms with Crippen LogP contribution >= 0.6 is 11.8 Å². The lowest BCUT2D eigenvalue weighted by molar-refractivity contribution is -0.143. The first kappa shape index (κ1) is 9.08. The highest BCUT2D eigenvalue weighted by atomic mass is 32.2. The summed E-state index contributed by atoms with van der Waals surface area (Å²) in [4.78, 5) is 11.5. The molecule has 3 aliphatic rings. The van der Waals surface area contributed by atoms with E-state index < -0.39 is 10.7 Å². The van der Waals surface area contributed by atoms with Crippen molar-refractivity contribution in [3.63, 3.8) is 0 Å². The Morgan fingerprint density at radius 1 is 1.21 bits per heavy atom.